The van der Waals surface area contributed by atoms with Crippen LogP contribution in [0.25, 0.3) is 0 Å². The fourth-order valence-corrected chi connectivity index (χ4v) is 1.51. The molecule has 0 spiro atoms. The van der Waals surface area contributed by atoms with Crippen molar-refractivity contribution in [3.63, 3.8) is 0 Å². The molecule has 3 nitrogen and oxygen atoms in total. The summed E-state index contributed by atoms with van der Waals surface area (Å²) in [6, 6.07) is 7.34. The van der Waals surface area contributed by atoms with E-state index in [-0.39, 0.29) is 11.4 Å². The van der Waals surface area contributed by atoms with Crippen molar-refractivity contribution in [3.8, 4) is 6.07 Å². The van der Waals surface area contributed by atoms with Crippen LogP contribution in [0.15, 0.2) is 30.3 Å². The molecule has 0 atom stereocenters. The van der Waals surface area contributed by atoms with Gasteiger partial charge in [0.15, 0.2) is 11.6 Å². The van der Waals surface area contributed by atoms with Crippen LogP contribution in [0.3, 0.4) is 0 Å². The standard InChI is InChI=1S/C13H8F3N3/c14-8-4-10(16)13(5-9(8)15)19-12-2-1-7(6-17)3-11(12)18/h1-5,19H,18H2. The highest BCUT2D eigenvalue weighted by Crippen LogP contribution is 2.27. The highest BCUT2D eigenvalue weighted by atomic mass is 19.2. The third kappa shape index (κ3) is 2.60. The summed E-state index contributed by atoms with van der Waals surface area (Å²) in [4.78, 5) is 0. The van der Waals surface area contributed by atoms with Crippen molar-refractivity contribution in [3.05, 3.63) is 53.3 Å². The lowest BCUT2D eigenvalue weighted by atomic mass is 10.2. The molecule has 0 fully saturated rings. The fourth-order valence-electron chi connectivity index (χ4n) is 1.51. The summed E-state index contributed by atoms with van der Waals surface area (Å²) in [5.74, 6) is -3.38. The molecule has 0 bridgehead atoms. The Morgan fingerprint density at radius 3 is 2.26 bits per heavy atom. The van der Waals surface area contributed by atoms with Crippen LogP contribution in [0.4, 0.5) is 30.2 Å². The van der Waals surface area contributed by atoms with Crippen LogP contribution in [-0.4, -0.2) is 0 Å². The molecular formula is C13H8F3N3. The van der Waals surface area contributed by atoms with E-state index in [1.807, 2.05) is 6.07 Å². The minimum Gasteiger partial charge on any atom is -0.397 e. The second kappa shape index (κ2) is 4.90. The molecule has 2 aromatic carbocycles. The largest absolute Gasteiger partial charge is 0.397 e. The van der Waals surface area contributed by atoms with Gasteiger partial charge in [0, 0.05) is 12.1 Å². The van der Waals surface area contributed by atoms with Crippen LogP contribution in [0.1, 0.15) is 5.56 Å². The topological polar surface area (TPSA) is 61.8 Å². The Hall–Kier alpha value is -2.68. The Morgan fingerprint density at radius 2 is 1.63 bits per heavy atom. The SMILES string of the molecule is N#Cc1ccc(Nc2cc(F)c(F)cc2F)c(N)c1. The van der Waals surface area contributed by atoms with Crippen molar-refractivity contribution in [1.82, 2.24) is 0 Å². The summed E-state index contributed by atoms with van der Waals surface area (Å²) in [7, 11) is 0. The van der Waals surface area contributed by atoms with E-state index in [0.29, 0.717) is 23.4 Å². The maximum absolute atomic E-state index is 13.4. The molecule has 0 amide bonds. The Balaban J connectivity index is 2.37. The summed E-state index contributed by atoms with van der Waals surface area (Å²) in [5.41, 5.74) is 6.25. The summed E-state index contributed by atoms with van der Waals surface area (Å²) >= 11 is 0. The first-order valence-corrected chi connectivity index (χ1v) is 5.22. The van der Waals surface area contributed by atoms with Gasteiger partial charge in [0.25, 0.3) is 0 Å². The number of nitrogens with one attached hydrogen (secondary N) is 1. The Labute approximate surface area is 107 Å². The molecule has 0 radical (unpaired) electrons. The number of nitriles is 1. The number of halogens is 3. The van der Waals surface area contributed by atoms with Crippen molar-refractivity contribution in [2.45, 2.75) is 0 Å². The first kappa shape index (κ1) is 12.8. The van der Waals surface area contributed by atoms with E-state index < -0.39 is 17.5 Å². The molecule has 0 aromatic heterocycles. The van der Waals surface area contributed by atoms with Crippen molar-refractivity contribution in [1.29, 1.82) is 5.26 Å². The maximum atomic E-state index is 13.4. The van der Waals surface area contributed by atoms with Crippen molar-refractivity contribution < 1.29 is 13.2 Å². The van der Waals surface area contributed by atoms with E-state index in [9.17, 15) is 13.2 Å². The number of anilines is 3. The number of hydrogen-bond acceptors (Lipinski definition) is 3. The number of rotatable bonds is 2. The van der Waals surface area contributed by atoms with Gasteiger partial charge in [0.2, 0.25) is 0 Å². The van der Waals surface area contributed by atoms with Gasteiger partial charge in [-0.15, -0.1) is 0 Å². The highest BCUT2D eigenvalue weighted by Gasteiger charge is 2.11. The van der Waals surface area contributed by atoms with Crippen molar-refractivity contribution in [2.75, 3.05) is 11.1 Å². The monoisotopic (exact) mass is 263 g/mol. The van der Waals surface area contributed by atoms with Crippen LogP contribution in [0.2, 0.25) is 0 Å². The zero-order valence-electron chi connectivity index (χ0n) is 9.55. The van der Waals surface area contributed by atoms with Gasteiger partial charge in [0.1, 0.15) is 5.82 Å². The molecule has 96 valence electrons. The molecule has 0 heterocycles. The highest BCUT2D eigenvalue weighted by molar-refractivity contribution is 5.74. The molecule has 2 aromatic rings. The lowest BCUT2D eigenvalue weighted by Crippen LogP contribution is -2.00. The van der Waals surface area contributed by atoms with Crippen molar-refractivity contribution >= 4 is 17.1 Å². The van der Waals surface area contributed by atoms with Crippen LogP contribution < -0.4 is 11.1 Å². The van der Waals surface area contributed by atoms with E-state index in [4.69, 9.17) is 11.0 Å². The summed E-state index contributed by atoms with van der Waals surface area (Å²) in [5, 5.41) is 11.2. The van der Waals surface area contributed by atoms with Gasteiger partial charge in [0.05, 0.1) is 28.7 Å². The maximum Gasteiger partial charge on any atom is 0.161 e. The Morgan fingerprint density at radius 1 is 0.947 bits per heavy atom. The predicted molar refractivity (Wildman–Crippen MR) is 65.2 cm³/mol. The minimum absolute atomic E-state index is 0.197. The molecule has 0 saturated heterocycles. The van der Waals surface area contributed by atoms with Crippen LogP contribution in [0.5, 0.6) is 0 Å². The number of nitrogens with zero attached hydrogens (tertiary/aromatic N) is 1. The summed E-state index contributed by atoms with van der Waals surface area (Å²) in [6.07, 6.45) is 0. The third-order valence-electron chi connectivity index (χ3n) is 2.46. The Kier molecular flexibility index (Phi) is 3.29. The first-order chi connectivity index (χ1) is 9.01. The summed E-state index contributed by atoms with van der Waals surface area (Å²) < 4.78 is 39.2. The minimum atomic E-state index is -1.27. The van der Waals surface area contributed by atoms with Gasteiger partial charge in [-0.05, 0) is 18.2 Å². The molecule has 3 N–H and O–H groups in total. The summed E-state index contributed by atoms with van der Waals surface area (Å²) in [6.45, 7) is 0. The molecular weight excluding hydrogens is 255 g/mol. The van der Waals surface area contributed by atoms with Crippen LogP contribution in [-0.2, 0) is 0 Å². The van der Waals surface area contributed by atoms with Gasteiger partial charge in [-0.25, -0.2) is 13.2 Å². The molecule has 0 aliphatic rings. The quantitative estimate of drug-likeness (QED) is 0.645. The molecule has 2 rings (SSSR count). The van der Waals surface area contributed by atoms with E-state index >= 15 is 0 Å². The average molecular weight is 263 g/mol. The fraction of sp³-hybridized carbons (Fsp3) is 0. The van der Waals surface area contributed by atoms with Gasteiger partial charge in [-0.2, -0.15) is 5.26 Å². The molecule has 0 aliphatic carbocycles. The number of nitrogen functional groups attached to an aromatic ring is 1. The third-order valence-corrected chi connectivity index (χ3v) is 2.46. The predicted octanol–water partition coefficient (Wildman–Crippen LogP) is 3.30. The van der Waals surface area contributed by atoms with Crippen LogP contribution >= 0.6 is 0 Å². The van der Waals surface area contributed by atoms with E-state index in [2.05, 4.69) is 5.32 Å². The second-order valence-electron chi connectivity index (χ2n) is 3.78. The van der Waals surface area contributed by atoms with E-state index in [0.717, 1.165) is 0 Å². The van der Waals surface area contributed by atoms with Gasteiger partial charge in [-0.3, -0.25) is 0 Å². The number of benzene rings is 2. The molecule has 19 heavy (non-hydrogen) atoms. The molecule has 0 aliphatic heterocycles. The molecule has 0 saturated carbocycles. The zero-order chi connectivity index (χ0) is 14.0. The lowest BCUT2D eigenvalue weighted by Gasteiger charge is -2.10. The van der Waals surface area contributed by atoms with Gasteiger partial charge >= 0.3 is 0 Å². The number of nitrogens with two attached hydrogens (primary N) is 1. The zero-order valence-corrected chi connectivity index (χ0v) is 9.55. The molecule has 6 heteroatoms. The van der Waals surface area contributed by atoms with Gasteiger partial charge < -0.3 is 11.1 Å². The average Bonchev–Trinajstić information content (AvgIpc) is 2.38. The normalized spacial score (nSPS) is 10.0. The van der Waals surface area contributed by atoms with Gasteiger partial charge in [-0.1, -0.05) is 0 Å². The van der Waals surface area contributed by atoms with E-state index in [1.54, 1.807) is 0 Å². The van der Waals surface area contributed by atoms with Crippen LogP contribution in [0, 0.1) is 28.8 Å². The Bertz CT molecular complexity index is 678. The van der Waals surface area contributed by atoms with Crippen molar-refractivity contribution in [2.24, 2.45) is 0 Å². The number of hydrogen-bond donors (Lipinski definition) is 2. The molecule has 0 unspecified atom stereocenters. The van der Waals surface area contributed by atoms with E-state index in [1.165, 1.54) is 18.2 Å². The lowest BCUT2D eigenvalue weighted by molar-refractivity contribution is 0.496. The smallest absolute Gasteiger partial charge is 0.161 e. The second-order valence-corrected chi connectivity index (χ2v) is 3.78. The first-order valence-electron chi connectivity index (χ1n) is 5.22.